The Hall–Kier alpha value is -1.23. The van der Waals surface area contributed by atoms with Crippen LogP contribution in [0.4, 0.5) is 13.2 Å². The molecular formula is C14H18F3NO. The van der Waals surface area contributed by atoms with Crippen LogP contribution in [-0.2, 0) is 6.18 Å². The van der Waals surface area contributed by atoms with E-state index < -0.39 is 11.7 Å². The third-order valence-electron chi connectivity index (χ3n) is 4.20. The number of ether oxygens (including phenoxy) is 1. The minimum atomic E-state index is -4.34. The monoisotopic (exact) mass is 273 g/mol. The fourth-order valence-corrected chi connectivity index (χ4v) is 2.96. The zero-order chi connectivity index (χ0) is 14.4. The van der Waals surface area contributed by atoms with Gasteiger partial charge >= 0.3 is 6.18 Å². The quantitative estimate of drug-likeness (QED) is 0.916. The molecule has 1 aromatic rings. The van der Waals surface area contributed by atoms with Gasteiger partial charge in [-0.1, -0.05) is 13.8 Å². The average molecular weight is 273 g/mol. The van der Waals surface area contributed by atoms with Crippen molar-refractivity contribution in [2.45, 2.75) is 25.9 Å². The highest BCUT2D eigenvalue weighted by molar-refractivity contribution is 5.45. The summed E-state index contributed by atoms with van der Waals surface area (Å²) in [7, 11) is 1.47. The molecule has 106 valence electrons. The lowest BCUT2D eigenvalue weighted by atomic mass is 10.00. The lowest BCUT2D eigenvalue weighted by Crippen LogP contribution is -2.07. The van der Waals surface area contributed by atoms with Gasteiger partial charge in [-0.2, -0.15) is 13.2 Å². The van der Waals surface area contributed by atoms with Crippen LogP contribution in [0.1, 0.15) is 30.9 Å². The summed E-state index contributed by atoms with van der Waals surface area (Å²) in [4.78, 5) is 0. The highest BCUT2D eigenvalue weighted by atomic mass is 19.4. The zero-order valence-corrected chi connectivity index (χ0v) is 11.2. The minimum absolute atomic E-state index is 0.0229. The van der Waals surface area contributed by atoms with Gasteiger partial charge in [0.25, 0.3) is 0 Å². The molecule has 1 aromatic carbocycles. The molecule has 0 radical (unpaired) electrons. The van der Waals surface area contributed by atoms with E-state index in [9.17, 15) is 13.2 Å². The lowest BCUT2D eigenvalue weighted by Gasteiger charge is -2.13. The fourth-order valence-electron chi connectivity index (χ4n) is 2.96. The van der Waals surface area contributed by atoms with Gasteiger partial charge in [0.15, 0.2) is 0 Å². The second kappa shape index (κ2) is 4.40. The van der Waals surface area contributed by atoms with Crippen molar-refractivity contribution in [1.29, 1.82) is 0 Å². The molecule has 1 fully saturated rings. The normalized spacial score (nSPS) is 25.2. The van der Waals surface area contributed by atoms with Gasteiger partial charge in [-0.05, 0) is 47.6 Å². The maximum Gasteiger partial charge on any atom is 0.416 e. The molecule has 0 saturated heterocycles. The Balaban J connectivity index is 2.44. The lowest BCUT2D eigenvalue weighted by molar-refractivity contribution is -0.137. The third kappa shape index (κ3) is 2.31. The molecule has 0 spiro atoms. The number of hydrogen-bond donors (Lipinski definition) is 1. The second-order valence-corrected chi connectivity index (χ2v) is 5.60. The van der Waals surface area contributed by atoms with Crippen molar-refractivity contribution in [1.82, 2.24) is 0 Å². The largest absolute Gasteiger partial charge is 0.496 e. The van der Waals surface area contributed by atoms with Gasteiger partial charge in [0.1, 0.15) is 5.75 Å². The van der Waals surface area contributed by atoms with Gasteiger partial charge in [-0.3, -0.25) is 0 Å². The molecule has 1 saturated carbocycles. The van der Waals surface area contributed by atoms with Crippen molar-refractivity contribution in [2.75, 3.05) is 13.7 Å². The molecular weight excluding hydrogens is 255 g/mol. The predicted molar refractivity (Wildman–Crippen MR) is 67.1 cm³/mol. The van der Waals surface area contributed by atoms with Gasteiger partial charge in [0.05, 0.1) is 12.7 Å². The van der Waals surface area contributed by atoms with Crippen molar-refractivity contribution in [3.63, 3.8) is 0 Å². The molecule has 2 N–H and O–H groups in total. The van der Waals surface area contributed by atoms with Crippen LogP contribution in [0.5, 0.6) is 5.75 Å². The number of hydrogen-bond acceptors (Lipinski definition) is 2. The van der Waals surface area contributed by atoms with E-state index in [1.165, 1.54) is 19.2 Å². The summed E-state index contributed by atoms with van der Waals surface area (Å²) in [5, 5.41) is 0. The molecule has 0 bridgehead atoms. The number of methoxy groups -OCH3 is 1. The second-order valence-electron chi connectivity index (χ2n) is 5.60. The summed E-state index contributed by atoms with van der Waals surface area (Å²) in [5.74, 6) is 0.724. The molecule has 1 aliphatic carbocycles. The van der Waals surface area contributed by atoms with E-state index in [0.717, 1.165) is 6.07 Å². The predicted octanol–water partition coefficient (Wildman–Crippen LogP) is 3.41. The number of benzene rings is 1. The van der Waals surface area contributed by atoms with E-state index >= 15 is 0 Å². The smallest absolute Gasteiger partial charge is 0.416 e. The van der Waals surface area contributed by atoms with Crippen molar-refractivity contribution in [3.8, 4) is 5.75 Å². The van der Waals surface area contributed by atoms with Crippen molar-refractivity contribution < 1.29 is 17.9 Å². The Morgan fingerprint density at radius 3 is 2.37 bits per heavy atom. The third-order valence-corrected chi connectivity index (χ3v) is 4.20. The SMILES string of the molecule is COc1ccc(C(F)(F)F)cc1[C@@H]1[C@@H](CN)C1(C)C. The Morgan fingerprint density at radius 1 is 1.32 bits per heavy atom. The van der Waals surface area contributed by atoms with E-state index in [-0.39, 0.29) is 17.3 Å². The van der Waals surface area contributed by atoms with Gasteiger partial charge in [0.2, 0.25) is 0 Å². The van der Waals surface area contributed by atoms with Gasteiger partial charge in [-0.25, -0.2) is 0 Å². The summed E-state index contributed by atoms with van der Waals surface area (Å²) in [5.41, 5.74) is 5.58. The van der Waals surface area contributed by atoms with E-state index in [1.807, 2.05) is 13.8 Å². The first kappa shape index (κ1) is 14.2. The van der Waals surface area contributed by atoms with Gasteiger partial charge < -0.3 is 10.5 Å². The van der Waals surface area contributed by atoms with Crippen LogP contribution >= 0.6 is 0 Å². The number of halogens is 3. The Bertz CT molecular complexity index is 482. The minimum Gasteiger partial charge on any atom is -0.496 e. The molecule has 19 heavy (non-hydrogen) atoms. The topological polar surface area (TPSA) is 35.2 Å². The van der Waals surface area contributed by atoms with Crippen LogP contribution in [0.3, 0.4) is 0 Å². The zero-order valence-electron chi connectivity index (χ0n) is 11.2. The highest BCUT2D eigenvalue weighted by Gasteiger charge is 2.58. The Kier molecular flexibility index (Phi) is 3.29. The number of rotatable bonds is 3. The summed E-state index contributed by atoms with van der Waals surface area (Å²) in [6, 6.07) is 3.64. The highest BCUT2D eigenvalue weighted by Crippen LogP contribution is 2.65. The van der Waals surface area contributed by atoms with Crippen molar-refractivity contribution in [2.24, 2.45) is 17.1 Å². The van der Waals surface area contributed by atoms with E-state index in [2.05, 4.69) is 0 Å². The van der Waals surface area contributed by atoms with Crippen LogP contribution in [0, 0.1) is 11.3 Å². The maximum atomic E-state index is 12.8. The first-order chi connectivity index (χ1) is 8.73. The molecule has 1 aliphatic rings. The van der Waals surface area contributed by atoms with Crippen molar-refractivity contribution >= 4 is 0 Å². The van der Waals surface area contributed by atoms with E-state index in [0.29, 0.717) is 17.9 Å². The first-order valence-electron chi connectivity index (χ1n) is 6.18. The van der Waals surface area contributed by atoms with E-state index in [4.69, 9.17) is 10.5 Å². The molecule has 0 aromatic heterocycles. The molecule has 2 atom stereocenters. The molecule has 5 heteroatoms. The molecule has 2 nitrogen and oxygen atoms in total. The molecule has 2 rings (SSSR count). The van der Waals surface area contributed by atoms with Gasteiger partial charge in [0, 0.05) is 0 Å². The Morgan fingerprint density at radius 2 is 1.95 bits per heavy atom. The van der Waals surface area contributed by atoms with Crippen molar-refractivity contribution in [3.05, 3.63) is 29.3 Å². The first-order valence-corrected chi connectivity index (χ1v) is 6.18. The summed E-state index contributed by atoms with van der Waals surface area (Å²) in [6.07, 6.45) is -4.34. The van der Waals surface area contributed by atoms with Crippen LogP contribution in [0.15, 0.2) is 18.2 Å². The standard InChI is InChI=1S/C14H18F3NO/c1-13(2)10(7-18)12(13)9-6-8(14(15,16)17)4-5-11(9)19-3/h4-6,10,12H,7,18H2,1-3H3/t10-,12-/m1/s1. The van der Waals surface area contributed by atoms with Crippen LogP contribution in [0.25, 0.3) is 0 Å². The van der Waals surface area contributed by atoms with Crippen LogP contribution < -0.4 is 10.5 Å². The summed E-state index contributed by atoms with van der Waals surface area (Å²) in [6.45, 7) is 4.51. The number of nitrogens with two attached hydrogens (primary N) is 1. The summed E-state index contributed by atoms with van der Waals surface area (Å²) >= 11 is 0. The average Bonchev–Trinajstić information content (AvgIpc) is 2.88. The number of alkyl halides is 3. The Labute approximate surface area is 110 Å². The molecule has 0 aliphatic heterocycles. The molecule has 0 heterocycles. The molecule has 0 amide bonds. The summed E-state index contributed by atoms with van der Waals surface area (Å²) < 4.78 is 43.6. The fraction of sp³-hybridized carbons (Fsp3) is 0.571. The van der Waals surface area contributed by atoms with Crippen LogP contribution in [0.2, 0.25) is 0 Å². The maximum absolute atomic E-state index is 12.8. The van der Waals surface area contributed by atoms with Crippen LogP contribution in [-0.4, -0.2) is 13.7 Å². The molecule has 0 unspecified atom stereocenters. The van der Waals surface area contributed by atoms with Gasteiger partial charge in [-0.15, -0.1) is 0 Å². The van der Waals surface area contributed by atoms with E-state index in [1.54, 1.807) is 0 Å².